The molecular weight excluding hydrogens is 154 g/mol. The fraction of sp³-hybridized carbons (Fsp3) is 0.778. The Morgan fingerprint density at radius 1 is 1.42 bits per heavy atom. The summed E-state index contributed by atoms with van der Waals surface area (Å²) in [5, 5.41) is 0. The molecule has 0 saturated carbocycles. The predicted octanol–water partition coefficient (Wildman–Crippen LogP) is 2.03. The first-order chi connectivity index (χ1) is 5.81. The third-order valence-electron chi connectivity index (χ3n) is 1.46. The summed E-state index contributed by atoms with van der Waals surface area (Å²) in [6, 6.07) is 0. The minimum Gasteiger partial charge on any atom is -0.466 e. The molecule has 68 valence electrons. The van der Waals surface area contributed by atoms with Crippen LogP contribution in [0.1, 0.15) is 32.6 Å². The number of nitrogens with zero attached hydrogens (tertiary/aromatic N) is 1. The zero-order chi connectivity index (χ0) is 9.23. The molecule has 3 nitrogen and oxygen atoms in total. The lowest BCUT2D eigenvalue weighted by Gasteiger charge is -1.99. The lowest BCUT2D eigenvalue weighted by atomic mass is 10.2. The monoisotopic (exact) mass is 169 g/mol. The second-order valence-corrected chi connectivity index (χ2v) is 2.50. The molecule has 0 bridgehead atoms. The molecule has 0 fully saturated rings. The predicted molar refractivity (Wildman–Crippen MR) is 46.6 cm³/mol. The van der Waals surface area contributed by atoms with Crippen molar-refractivity contribution < 1.29 is 9.53 Å². The lowest BCUT2D eigenvalue weighted by Crippen LogP contribution is -2.03. The van der Waals surface area contributed by atoms with E-state index in [9.17, 15) is 4.79 Å². The van der Waals surface area contributed by atoms with Crippen molar-refractivity contribution in [2.45, 2.75) is 32.6 Å². The van der Waals surface area contributed by atoms with Gasteiger partial charge in [0.05, 0.1) is 6.61 Å². The number of carbonyl (C=O) groups excluding carboxylic acids is 1. The zero-order valence-electron chi connectivity index (χ0n) is 7.51. The standard InChI is InChI=1S/C9H15NO2/c1-3-12-9(11)7-5-4-6-8-10-2/h3-8H2,1H3. The van der Waals surface area contributed by atoms with Crippen LogP contribution in [0.4, 0.5) is 0 Å². The minimum absolute atomic E-state index is 0.125. The van der Waals surface area contributed by atoms with Crippen molar-refractivity contribution in [3.63, 3.8) is 0 Å². The molecular formula is C9H15NO2. The number of hydrogen-bond donors (Lipinski definition) is 0. The first kappa shape index (κ1) is 11.0. The summed E-state index contributed by atoms with van der Waals surface area (Å²) in [7, 11) is 0. The van der Waals surface area contributed by atoms with Crippen LogP contribution in [0.5, 0.6) is 0 Å². The molecule has 0 radical (unpaired) electrons. The van der Waals surface area contributed by atoms with Crippen molar-refractivity contribution in [2.75, 3.05) is 13.2 Å². The summed E-state index contributed by atoms with van der Waals surface area (Å²) >= 11 is 0. The molecule has 0 aromatic rings. The van der Waals surface area contributed by atoms with Crippen LogP contribution >= 0.6 is 0 Å². The molecule has 0 aliphatic rings. The van der Waals surface area contributed by atoms with Gasteiger partial charge in [0.1, 0.15) is 0 Å². The normalized spacial score (nSPS) is 9.00. The molecule has 0 aromatic carbocycles. The van der Waals surface area contributed by atoms with Gasteiger partial charge in [0.25, 0.3) is 0 Å². The van der Waals surface area contributed by atoms with E-state index in [1.807, 2.05) is 0 Å². The van der Waals surface area contributed by atoms with Crippen molar-refractivity contribution >= 4 is 5.97 Å². The van der Waals surface area contributed by atoms with E-state index < -0.39 is 0 Å². The highest BCUT2D eigenvalue weighted by Gasteiger charge is 2.00. The Labute approximate surface area is 73.5 Å². The molecule has 0 N–H and O–H groups in total. The topological polar surface area (TPSA) is 30.7 Å². The maximum absolute atomic E-state index is 10.8. The molecule has 0 spiro atoms. The van der Waals surface area contributed by atoms with Gasteiger partial charge in [-0.3, -0.25) is 4.79 Å². The van der Waals surface area contributed by atoms with Gasteiger partial charge in [-0.2, -0.15) is 0 Å². The average molecular weight is 169 g/mol. The minimum atomic E-state index is -0.125. The van der Waals surface area contributed by atoms with E-state index in [0.29, 0.717) is 19.6 Å². The van der Waals surface area contributed by atoms with Crippen molar-refractivity contribution in [3.05, 3.63) is 11.4 Å². The van der Waals surface area contributed by atoms with E-state index in [-0.39, 0.29) is 5.97 Å². The van der Waals surface area contributed by atoms with E-state index >= 15 is 0 Å². The molecule has 12 heavy (non-hydrogen) atoms. The number of rotatable bonds is 6. The zero-order valence-corrected chi connectivity index (χ0v) is 7.51. The van der Waals surface area contributed by atoms with Gasteiger partial charge in [-0.05, 0) is 19.8 Å². The summed E-state index contributed by atoms with van der Waals surface area (Å²) in [5.41, 5.74) is 0. The Hall–Kier alpha value is -1.04. The van der Waals surface area contributed by atoms with Crippen LogP contribution in [-0.4, -0.2) is 19.1 Å². The highest BCUT2D eigenvalue weighted by Crippen LogP contribution is 2.01. The van der Waals surface area contributed by atoms with Crippen LogP contribution < -0.4 is 0 Å². The molecule has 0 rings (SSSR count). The van der Waals surface area contributed by atoms with Crippen molar-refractivity contribution in [1.82, 2.24) is 0 Å². The van der Waals surface area contributed by atoms with Crippen LogP contribution in [0.3, 0.4) is 0 Å². The van der Waals surface area contributed by atoms with Crippen LogP contribution in [0.15, 0.2) is 0 Å². The van der Waals surface area contributed by atoms with Crippen molar-refractivity contribution in [1.29, 1.82) is 0 Å². The van der Waals surface area contributed by atoms with Crippen LogP contribution in [-0.2, 0) is 9.53 Å². The van der Waals surface area contributed by atoms with E-state index in [0.717, 1.165) is 19.3 Å². The second-order valence-electron chi connectivity index (χ2n) is 2.50. The summed E-state index contributed by atoms with van der Waals surface area (Å²) in [6.07, 6.45) is 3.17. The molecule has 0 atom stereocenters. The fourth-order valence-corrected chi connectivity index (χ4v) is 0.870. The Kier molecular flexibility index (Phi) is 7.36. The van der Waals surface area contributed by atoms with Gasteiger partial charge in [0.2, 0.25) is 6.54 Å². The molecule has 0 unspecified atom stereocenters. The maximum Gasteiger partial charge on any atom is 0.305 e. The highest BCUT2D eigenvalue weighted by molar-refractivity contribution is 5.69. The Morgan fingerprint density at radius 2 is 2.17 bits per heavy atom. The number of carbonyl (C=O) groups is 1. The quantitative estimate of drug-likeness (QED) is 0.346. The first-order valence-corrected chi connectivity index (χ1v) is 4.30. The summed E-state index contributed by atoms with van der Waals surface area (Å²) < 4.78 is 4.75. The molecule has 0 aliphatic heterocycles. The van der Waals surface area contributed by atoms with Crippen molar-refractivity contribution in [3.8, 4) is 0 Å². The van der Waals surface area contributed by atoms with Crippen LogP contribution in [0.2, 0.25) is 0 Å². The van der Waals surface area contributed by atoms with E-state index in [2.05, 4.69) is 4.85 Å². The fourth-order valence-electron chi connectivity index (χ4n) is 0.870. The van der Waals surface area contributed by atoms with Gasteiger partial charge in [-0.1, -0.05) is 0 Å². The third-order valence-corrected chi connectivity index (χ3v) is 1.46. The molecule has 0 aliphatic carbocycles. The molecule has 0 amide bonds. The summed E-state index contributed by atoms with van der Waals surface area (Å²) in [5.74, 6) is -0.125. The largest absolute Gasteiger partial charge is 0.466 e. The Bertz CT molecular complexity index is 160. The number of unbranched alkanes of at least 4 members (excludes halogenated alkanes) is 2. The number of hydrogen-bond acceptors (Lipinski definition) is 2. The average Bonchev–Trinajstić information content (AvgIpc) is 2.05. The lowest BCUT2D eigenvalue weighted by molar-refractivity contribution is -0.143. The van der Waals surface area contributed by atoms with E-state index in [1.54, 1.807) is 6.92 Å². The molecule has 0 heterocycles. The maximum atomic E-state index is 10.8. The molecule has 0 aromatic heterocycles. The Balaban J connectivity index is 3.09. The van der Waals surface area contributed by atoms with Gasteiger partial charge in [0, 0.05) is 12.8 Å². The second kappa shape index (κ2) is 8.06. The van der Waals surface area contributed by atoms with Crippen molar-refractivity contribution in [2.24, 2.45) is 0 Å². The van der Waals surface area contributed by atoms with E-state index in [4.69, 9.17) is 11.3 Å². The first-order valence-electron chi connectivity index (χ1n) is 4.30. The number of esters is 1. The molecule has 3 heteroatoms. The smallest absolute Gasteiger partial charge is 0.305 e. The molecule has 0 saturated heterocycles. The van der Waals surface area contributed by atoms with E-state index in [1.165, 1.54) is 0 Å². The summed E-state index contributed by atoms with van der Waals surface area (Å²) in [4.78, 5) is 14.0. The van der Waals surface area contributed by atoms with Gasteiger partial charge in [-0.25, -0.2) is 6.57 Å². The Morgan fingerprint density at radius 3 is 2.75 bits per heavy atom. The highest BCUT2D eigenvalue weighted by atomic mass is 16.5. The van der Waals surface area contributed by atoms with Gasteiger partial charge in [-0.15, -0.1) is 0 Å². The van der Waals surface area contributed by atoms with Crippen LogP contribution in [0.25, 0.3) is 4.85 Å². The summed E-state index contributed by atoms with van der Waals surface area (Å²) in [6.45, 7) is 9.36. The van der Waals surface area contributed by atoms with Crippen LogP contribution in [0, 0.1) is 6.57 Å². The van der Waals surface area contributed by atoms with Gasteiger partial charge in [0.15, 0.2) is 0 Å². The number of ether oxygens (including phenoxy) is 1. The van der Waals surface area contributed by atoms with Gasteiger partial charge >= 0.3 is 5.97 Å². The third kappa shape index (κ3) is 7.07. The SMILES string of the molecule is [C-]#[N+]CCCCCC(=O)OCC. The van der Waals surface area contributed by atoms with Gasteiger partial charge < -0.3 is 9.58 Å².